The van der Waals surface area contributed by atoms with Crippen LogP contribution in [0.1, 0.15) is 56.9 Å². The molecule has 5 rings (SSSR count). The van der Waals surface area contributed by atoms with Gasteiger partial charge in [0.05, 0.1) is 29.9 Å². The molecule has 8 nitrogen and oxygen atoms in total. The number of hydrogen-bond donors (Lipinski definition) is 1. The molecule has 254 valence electrons. The molecule has 1 aliphatic carbocycles. The normalized spacial score (nSPS) is 24.0. The van der Waals surface area contributed by atoms with E-state index in [2.05, 4.69) is 40.5 Å². The fraction of sp³-hybridized carbons (Fsp3) is 0.618. The van der Waals surface area contributed by atoms with Gasteiger partial charge >= 0.3 is 0 Å². The maximum atomic E-state index is 13.6. The minimum absolute atomic E-state index is 0.0139. The summed E-state index contributed by atoms with van der Waals surface area (Å²) in [6.45, 7) is 4.60. The molecule has 2 atom stereocenters. The quantitative estimate of drug-likeness (QED) is 0.256. The monoisotopic (exact) mass is 713 g/mol. The number of morpholine rings is 1. The van der Waals surface area contributed by atoms with Crippen LogP contribution in [0.3, 0.4) is 0 Å². The number of benzene rings is 2. The van der Waals surface area contributed by atoms with E-state index in [0.29, 0.717) is 37.4 Å². The molecule has 3 fully saturated rings. The summed E-state index contributed by atoms with van der Waals surface area (Å²) in [5.74, 6) is 0.933. The van der Waals surface area contributed by atoms with Crippen molar-refractivity contribution in [1.82, 2.24) is 14.5 Å². The van der Waals surface area contributed by atoms with Gasteiger partial charge < -0.3 is 14.8 Å². The predicted octanol–water partition coefficient (Wildman–Crippen LogP) is 6.46. The summed E-state index contributed by atoms with van der Waals surface area (Å²) in [4.78, 5) is 15.2. The number of carbonyl (C=O) groups excluding carboxylic acids is 1. The first-order valence-corrected chi connectivity index (χ1v) is 19.2. The molecule has 2 unspecified atom stereocenters. The fourth-order valence-electron chi connectivity index (χ4n) is 7.31. The zero-order valence-electron chi connectivity index (χ0n) is 26.3. The highest BCUT2D eigenvalue weighted by molar-refractivity contribution is 7.89. The first-order chi connectivity index (χ1) is 22.2. The van der Waals surface area contributed by atoms with Crippen molar-refractivity contribution < 1.29 is 22.7 Å². The molecule has 46 heavy (non-hydrogen) atoms. The number of amides is 1. The van der Waals surface area contributed by atoms with Crippen molar-refractivity contribution >= 4 is 50.7 Å². The molecule has 0 spiro atoms. The van der Waals surface area contributed by atoms with Gasteiger partial charge in [-0.1, -0.05) is 71.6 Å². The van der Waals surface area contributed by atoms with Crippen LogP contribution >= 0.6 is 34.8 Å². The van der Waals surface area contributed by atoms with Crippen molar-refractivity contribution in [1.29, 1.82) is 0 Å². The molecule has 1 N–H and O–H groups in total. The third-order valence-corrected chi connectivity index (χ3v) is 12.8. The first-order valence-electron chi connectivity index (χ1n) is 16.6. The third-order valence-electron chi connectivity index (χ3n) is 9.76. The predicted molar refractivity (Wildman–Crippen MR) is 183 cm³/mol. The molecular formula is C34H46Cl3N3O5S. The van der Waals surface area contributed by atoms with Gasteiger partial charge in [0.2, 0.25) is 15.9 Å². The Labute approximate surface area is 289 Å². The van der Waals surface area contributed by atoms with Crippen LogP contribution in [-0.2, 0) is 30.7 Å². The number of hydrogen-bond acceptors (Lipinski definition) is 6. The lowest BCUT2D eigenvalue weighted by atomic mass is 9.76. The van der Waals surface area contributed by atoms with E-state index in [1.807, 2.05) is 0 Å². The summed E-state index contributed by atoms with van der Waals surface area (Å²) in [5, 5.41) is 3.30. The molecule has 0 radical (unpaired) electrons. The maximum Gasteiger partial charge on any atom is 0.246 e. The highest BCUT2D eigenvalue weighted by Crippen LogP contribution is 2.37. The Morgan fingerprint density at radius 1 is 0.957 bits per heavy atom. The van der Waals surface area contributed by atoms with E-state index >= 15 is 0 Å². The van der Waals surface area contributed by atoms with Gasteiger partial charge in [-0.15, -0.1) is 0 Å². The van der Waals surface area contributed by atoms with E-state index in [4.69, 9.17) is 44.3 Å². The molecule has 2 heterocycles. The summed E-state index contributed by atoms with van der Waals surface area (Å²) < 4.78 is 39.9. The summed E-state index contributed by atoms with van der Waals surface area (Å²) >= 11 is 18.5. The van der Waals surface area contributed by atoms with Crippen LogP contribution in [0.4, 0.5) is 0 Å². The highest BCUT2D eigenvalue weighted by Gasteiger charge is 2.37. The van der Waals surface area contributed by atoms with Crippen molar-refractivity contribution in [2.45, 2.75) is 74.8 Å². The Morgan fingerprint density at radius 2 is 1.65 bits per heavy atom. The molecule has 2 aliphatic heterocycles. The second kappa shape index (κ2) is 17.3. The number of halogens is 3. The minimum Gasteiger partial charge on any atom is -0.379 e. The van der Waals surface area contributed by atoms with Crippen molar-refractivity contribution in [2.24, 2.45) is 11.8 Å². The van der Waals surface area contributed by atoms with E-state index in [1.54, 1.807) is 0 Å². The number of piperidine rings is 1. The Kier molecular flexibility index (Phi) is 13.5. The van der Waals surface area contributed by atoms with Crippen LogP contribution in [0.5, 0.6) is 0 Å². The molecule has 1 saturated carbocycles. The van der Waals surface area contributed by atoms with Crippen LogP contribution in [0.2, 0.25) is 15.1 Å². The lowest BCUT2D eigenvalue weighted by molar-refractivity contribution is -0.126. The number of carbonyl (C=O) groups is 1. The fourth-order valence-corrected chi connectivity index (χ4v) is 10.5. The smallest absolute Gasteiger partial charge is 0.246 e. The van der Waals surface area contributed by atoms with Crippen molar-refractivity contribution in [3.63, 3.8) is 0 Å². The molecule has 3 aliphatic rings. The van der Waals surface area contributed by atoms with Crippen LogP contribution < -0.4 is 5.32 Å². The zero-order valence-corrected chi connectivity index (χ0v) is 29.4. The largest absolute Gasteiger partial charge is 0.379 e. The number of nitrogens with zero attached hydrogens (tertiary/aromatic N) is 2. The average Bonchev–Trinajstić information content (AvgIpc) is 3.05. The second-order valence-electron chi connectivity index (χ2n) is 12.8. The zero-order chi connectivity index (χ0) is 32.5. The number of rotatable bonds is 13. The molecule has 0 aromatic heterocycles. The minimum atomic E-state index is -3.98. The van der Waals surface area contributed by atoms with E-state index in [-0.39, 0.29) is 39.1 Å². The van der Waals surface area contributed by atoms with Gasteiger partial charge in [0, 0.05) is 43.3 Å². The number of nitrogens with one attached hydrogen (secondary N) is 1. The summed E-state index contributed by atoms with van der Waals surface area (Å²) in [7, 11) is -3.98. The summed E-state index contributed by atoms with van der Waals surface area (Å²) in [6, 6.07) is 13.7. The Morgan fingerprint density at radius 3 is 2.35 bits per heavy atom. The molecule has 2 aromatic carbocycles. The van der Waals surface area contributed by atoms with Crippen molar-refractivity contribution in [3.05, 3.63) is 63.1 Å². The summed E-state index contributed by atoms with van der Waals surface area (Å²) in [6.07, 6.45) is 9.01. The Balaban J connectivity index is 1.06. The van der Waals surface area contributed by atoms with Gasteiger partial charge in [-0.3, -0.25) is 9.69 Å². The van der Waals surface area contributed by atoms with Crippen LogP contribution in [-0.4, -0.2) is 88.2 Å². The van der Waals surface area contributed by atoms with Gasteiger partial charge in [-0.2, -0.15) is 4.31 Å². The van der Waals surface area contributed by atoms with Gasteiger partial charge in [0.15, 0.2) is 0 Å². The number of sulfonamides is 1. The molecule has 12 heteroatoms. The van der Waals surface area contributed by atoms with E-state index in [0.717, 1.165) is 64.8 Å². The SMILES string of the molecule is O=C(COCC1CCCCN1S(=O)(=O)c1c(Cl)cc(Cl)cc1Cl)NCC1CCC(C(CCc2ccccc2)N2CCOCC2)CC1. The second-order valence-corrected chi connectivity index (χ2v) is 15.9. The molecule has 1 amide bonds. The topological polar surface area (TPSA) is 88.2 Å². The van der Waals surface area contributed by atoms with Crippen molar-refractivity contribution in [3.8, 4) is 0 Å². The third kappa shape index (κ3) is 9.59. The molecular weight excluding hydrogens is 669 g/mol. The number of aryl methyl sites for hydroxylation is 1. The van der Waals surface area contributed by atoms with Crippen LogP contribution in [0, 0.1) is 11.8 Å². The maximum absolute atomic E-state index is 13.6. The lowest BCUT2D eigenvalue weighted by Gasteiger charge is -2.42. The average molecular weight is 715 g/mol. The molecule has 2 aromatic rings. The molecule has 2 saturated heterocycles. The van der Waals surface area contributed by atoms with Gasteiger partial charge in [0.25, 0.3) is 0 Å². The van der Waals surface area contributed by atoms with Crippen molar-refractivity contribution in [2.75, 3.05) is 52.6 Å². The van der Waals surface area contributed by atoms with Crippen LogP contribution in [0.25, 0.3) is 0 Å². The highest BCUT2D eigenvalue weighted by atomic mass is 35.5. The number of ether oxygens (including phenoxy) is 2. The molecule has 0 bridgehead atoms. The Bertz CT molecular complexity index is 1360. The first kappa shape index (κ1) is 35.9. The summed E-state index contributed by atoms with van der Waals surface area (Å²) in [5.41, 5.74) is 1.40. The lowest BCUT2D eigenvalue weighted by Crippen LogP contribution is -2.48. The van der Waals surface area contributed by atoms with Gasteiger partial charge in [0.1, 0.15) is 11.5 Å². The van der Waals surface area contributed by atoms with E-state index in [1.165, 1.54) is 34.8 Å². The van der Waals surface area contributed by atoms with E-state index < -0.39 is 16.1 Å². The van der Waals surface area contributed by atoms with E-state index in [9.17, 15) is 13.2 Å². The van der Waals surface area contributed by atoms with Crippen LogP contribution in [0.15, 0.2) is 47.4 Å². The standard InChI is InChI=1S/C34H46Cl3N3O5S/c35-28-20-30(36)34(31(37)21-28)46(42,43)40-15-5-4-8-29(40)23-45-24-33(41)38-22-26-9-12-27(13-10-26)32(39-16-18-44-19-17-39)14-11-25-6-2-1-3-7-25/h1-3,6-7,20-21,26-27,29,32H,4-5,8-19,22-24H2,(H,38,41). The van der Waals surface area contributed by atoms with Gasteiger partial charge in [-0.25, -0.2) is 8.42 Å². The van der Waals surface area contributed by atoms with Gasteiger partial charge in [-0.05, 0) is 80.9 Å². The Hall–Kier alpha value is -1.43.